The maximum absolute atomic E-state index is 13.0. The summed E-state index contributed by atoms with van der Waals surface area (Å²) in [5.74, 6) is 2.12. The molecule has 3 heterocycles. The number of thiophene rings is 1. The standard InChI is InChI=1S/C22H23N3O4S3/c1-15-3-5-18(13-16(15)2)29-20-6-4-17(14-23-20)24-22(26)21-19(7-10-31-21)32(27,28)25-8-11-30-12-9-25/h3-7,10,13-14H,8-9,11-12H2,1-2H3,(H,24,26). The van der Waals surface area contributed by atoms with Crippen molar-refractivity contribution in [2.45, 2.75) is 18.7 Å². The summed E-state index contributed by atoms with van der Waals surface area (Å²) in [6, 6.07) is 10.6. The second kappa shape index (κ2) is 9.62. The van der Waals surface area contributed by atoms with Crippen LogP contribution in [0.4, 0.5) is 5.69 Å². The average molecular weight is 490 g/mol. The van der Waals surface area contributed by atoms with Gasteiger partial charge in [-0.05, 0) is 54.6 Å². The molecule has 10 heteroatoms. The summed E-state index contributed by atoms with van der Waals surface area (Å²) in [5.41, 5.74) is 2.75. The van der Waals surface area contributed by atoms with E-state index in [2.05, 4.69) is 10.3 Å². The first-order valence-electron chi connectivity index (χ1n) is 10.0. The van der Waals surface area contributed by atoms with E-state index in [1.807, 2.05) is 32.0 Å². The molecule has 1 amide bonds. The first-order valence-corrected chi connectivity index (χ1v) is 13.5. The fraction of sp³-hybridized carbons (Fsp3) is 0.273. The Morgan fingerprint density at radius 3 is 2.56 bits per heavy atom. The highest BCUT2D eigenvalue weighted by Crippen LogP contribution is 2.28. The van der Waals surface area contributed by atoms with E-state index in [4.69, 9.17) is 4.74 Å². The Morgan fingerprint density at radius 2 is 1.88 bits per heavy atom. The van der Waals surface area contributed by atoms with E-state index < -0.39 is 15.9 Å². The average Bonchev–Trinajstić information content (AvgIpc) is 3.29. The molecule has 1 saturated heterocycles. The van der Waals surface area contributed by atoms with Crippen LogP contribution in [0.2, 0.25) is 0 Å². The number of nitrogens with zero attached hydrogens (tertiary/aromatic N) is 2. The molecule has 168 valence electrons. The van der Waals surface area contributed by atoms with E-state index in [9.17, 15) is 13.2 Å². The number of hydrogen-bond donors (Lipinski definition) is 1. The van der Waals surface area contributed by atoms with E-state index in [1.54, 1.807) is 29.3 Å². The van der Waals surface area contributed by atoms with Gasteiger partial charge >= 0.3 is 0 Å². The number of aromatic nitrogens is 1. The Hall–Kier alpha value is -2.40. The molecule has 1 aromatic carbocycles. The van der Waals surface area contributed by atoms with Crippen molar-refractivity contribution in [3.8, 4) is 11.6 Å². The van der Waals surface area contributed by atoms with Crippen molar-refractivity contribution < 1.29 is 17.9 Å². The van der Waals surface area contributed by atoms with Crippen LogP contribution in [0.15, 0.2) is 52.9 Å². The molecule has 0 bridgehead atoms. The minimum Gasteiger partial charge on any atom is -0.439 e. The number of hydrogen-bond acceptors (Lipinski definition) is 7. The minimum absolute atomic E-state index is 0.0505. The van der Waals surface area contributed by atoms with Gasteiger partial charge in [0.15, 0.2) is 0 Å². The second-order valence-corrected chi connectivity index (χ2v) is 11.4. The number of ether oxygens (including phenoxy) is 1. The fourth-order valence-electron chi connectivity index (χ4n) is 3.19. The van der Waals surface area contributed by atoms with Crippen LogP contribution in [-0.4, -0.2) is 48.2 Å². The predicted octanol–water partition coefficient (Wildman–Crippen LogP) is 4.54. The van der Waals surface area contributed by atoms with Crippen LogP contribution < -0.4 is 10.1 Å². The van der Waals surface area contributed by atoms with Crippen molar-refractivity contribution in [2.75, 3.05) is 29.9 Å². The van der Waals surface area contributed by atoms with Gasteiger partial charge in [-0.1, -0.05) is 6.07 Å². The highest BCUT2D eigenvalue weighted by atomic mass is 32.2. The first kappa shape index (κ1) is 22.8. The lowest BCUT2D eigenvalue weighted by atomic mass is 10.1. The van der Waals surface area contributed by atoms with Crippen molar-refractivity contribution in [2.24, 2.45) is 0 Å². The third-order valence-electron chi connectivity index (χ3n) is 5.12. The summed E-state index contributed by atoms with van der Waals surface area (Å²) in [6.45, 7) is 4.95. The van der Waals surface area contributed by atoms with Crippen LogP contribution in [0, 0.1) is 13.8 Å². The Bertz CT molecular complexity index is 1220. The van der Waals surface area contributed by atoms with Gasteiger partial charge in [0.1, 0.15) is 15.5 Å². The maximum atomic E-state index is 13.0. The number of nitrogens with one attached hydrogen (secondary N) is 1. The number of aryl methyl sites for hydroxylation is 2. The molecule has 0 radical (unpaired) electrons. The molecule has 3 aromatic rings. The summed E-state index contributed by atoms with van der Waals surface area (Å²) in [6.07, 6.45) is 1.48. The zero-order valence-electron chi connectivity index (χ0n) is 17.7. The number of amides is 1. The van der Waals surface area contributed by atoms with E-state index >= 15 is 0 Å². The Kier molecular flexibility index (Phi) is 6.85. The molecule has 7 nitrogen and oxygen atoms in total. The topological polar surface area (TPSA) is 88.6 Å². The minimum atomic E-state index is -3.70. The van der Waals surface area contributed by atoms with Crippen LogP contribution in [0.1, 0.15) is 20.8 Å². The molecule has 0 spiro atoms. The monoisotopic (exact) mass is 489 g/mol. The first-order chi connectivity index (χ1) is 15.3. The lowest BCUT2D eigenvalue weighted by Crippen LogP contribution is -2.38. The number of benzene rings is 1. The molecule has 2 aromatic heterocycles. The third kappa shape index (κ3) is 4.98. The number of thioether (sulfide) groups is 1. The molecule has 1 aliphatic rings. The molecular weight excluding hydrogens is 466 g/mol. The van der Waals surface area contributed by atoms with E-state index in [-0.39, 0.29) is 9.77 Å². The number of carbonyl (C=O) groups excluding carboxylic acids is 1. The van der Waals surface area contributed by atoms with E-state index in [1.165, 1.54) is 22.1 Å². The van der Waals surface area contributed by atoms with Crippen LogP contribution in [0.25, 0.3) is 0 Å². The lowest BCUT2D eigenvalue weighted by molar-refractivity contribution is 0.102. The largest absolute Gasteiger partial charge is 0.439 e. The Morgan fingerprint density at radius 1 is 1.09 bits per heavy atom. The molecule has 1 N–H and O–H groups in total. The summed E-state index contributed by atoms with van der Waals surface area (Å²) < 4.78 is 33.2. The third-order valence-corrected chi connectivity index (χ3v) is 9.04. The van der Waals surface area contributed by atoms with Crippen LogP contribution in [0.5, 0.6) is 11.6 Å². The van der Waals surface area contributed by atoms with E-state index in [0.717, 1.165) is 28.4 Å². The summed E-state index contributed by atoms with van der Waals surface area (Å²) in [5, 5.41) is 4.36. The molecule has 0 unspecified atom stereocenters. The van der Waals surface area contributed by atoms with Gasteiger partial charge in [0.25, 0.3) is 5.91 Å². The van der Waals surface area contributed by atoms with Gasteiger partial charge in [-0.2, -0.15) is 16.1 Å². The summed E-state index contributed by atoms with van der Waals surface area (Å²) >= 11 is 2.83. The Balaban J connectivity index is 1.46. The van der Waals surface area contributed by atoms with Gasteiger partial charge in [0.2, 0.25) is 15.9 Å². The van der Waals surface area contributed by atoms with Gasteiger partial charge < -0.3 is 10.1 Å². The number of sulfonamides is 1. The van der Waals surface area contributed by atoms with Gasteiger partial charge in [-0.3, -0.25) is 4.79 Å². The molecule has 1 fully saturated rings. The van der Waals surface area contributed by atoms with E-state index in [0.29, 0.717) is 30.4 Å². The molecule has 0 atom stereocenters. The Labute approximate surface area is 195 Å². The number of pyridine rings is 1. The highest BCUT2D eigenvalue weighted by Gasteiger charge is 2.31. The molecule has 32 heavy (non-hydrogen) atoms. The normalized spacial score (nSPS) is 14.8. The SMILES string of the molecule is Cc1ccc(Oc2ccc(NC(=O)c3sccc3S(=O)(=O)N3CCSCC3)cn2)cc1C. The van der Waals surface area contributed by atoms with Gasteiger partial charge in [-0.25, -0.2) is 13.4 Å². The molecule has 0 saturated carbocycles. The fourth-order valence-corrected chi connectivity index (χ4v) is 7.06. The molecule has 4 rings (SSSR count). The smallest absolute Gasteiger partial charge is 0.267 e. The van der Waals surface area contributed by atoms with Gasteiger partial charge in [0.05, 0.1) is 11.9 Å². The number of anilines is 1. The molecular formula is C22H23N3O4S3. The zero-order chi connectivity index (χ0) is 22.7. The van der Waals surface area contributed by atoms with Crippen molar-refractivity contribution >= 4 is 44.7 Å². The van der Waals surface area contributed by atoms with Gasteiger partial charge in [0, 0.05) is 30.7 Å². The van der Waals surface area contributed by atoms with Crippen molar-refractivity contribution in [1.82, 2.24) is 9.29 Å². The zero-order valence-corrected chi connectivity index (χ0v) is 20.1. The lowest BCUT2D eigenvalue weighted by Gasteiger charge is -2.25. The number of rotatable bonds is 6. The van der Waals surface area contributed by atoms with Crippen LogP contribution >= 0.6 is 23.1 Å². The van der Waals surface area contributed by atoms with Crippen LogP contribution in [0.3, 0.4) is 0 Å². The van der Waals surface area contributed by atoms with Gasteiger partial charge in [-0.15, -0.1) is 11.3 Å². The van der Waals surface area contributed by atoms with Crippen molar-refractivity contribution in [3.05, 3.63) is 64.0 Å². The highest BCUT2D eigenvalue weighted by molar-refractivity contribution is 7.99. The van der Waals surface area contributed by atoms with Crippen molar-refractivity contribution in [3.63, 3.8) is 0 Å². The summed E-state index contributed by atoms with van der Waals surface area (Å²) in [4.78, 5) is 17.3. The number of carbonyl (C=O) groups is 1. The quantitative estimate of drug-likeness (QED) is 0.547. The second-order valence-electron chi connectivity index (χ2n) is 7.32. The van der Waals surface area contributed by atoms with Crippen molar-refractivity contribution in [1.29, 1.82) is 0 Å². The van der Waals surface area contributed by atoms with Crippen LogP contribution in [-0.2, 0) is 10.0 Å². The predicted molar refractivity (Wildman–Crippen MR) is 129 cm³/mol. The molecule has 0 aliphatic carbocycles. The maximum Gasteiger partial charge on any atom is 0.267 e. The molecule has 1 aliphatic heterocycles. The summed E-state index contributed by atoms with van der Waals surface area (Å²) in [7, 11) is -3.70.